The minimum absolute atomic E-state index is 0.0875. The van der Waals surface area contributed by atoms with Crippen molar-refractivity contribution in [1.29, 1.82) is 0 Å². The van der Waals surface area contributed by atoms with Crippen LogP contribution in [0, 0.1) is 0 Å². The van der Waals surface area contributed by atoms with Crippen LogP contribution in [0.15, 0.2) is 86.6 Å². The first-order valence-corrected chi connectivity index (χ1v) is 12.9. The number of hydrogen-bond donors (Lipinski definition) is 1. The first-order chi connectivity index (χ1) is 16.1. The zero-order valence-corrected chi connectivity index (χ0v) is 19.2. The summed E-state index contributed by atoms with van der Waals surface area (Å²) in [4.78, 5) is 15.2. The smallest absolute Gasteiger partial charge is 0.344 e. The van der Waals surface area contributed by atoms with Gasteiger partial charge in [-0.15, -0.1) is 0 Å². The van der Waals surface area contributed by atoms with Gasteiger partial charge in [-0.25, -0.2) is 17.6 Å². The van der Waals surface area contributed by atoms with Gasteiger partial charge in [-0.2, -0.15) is 13.2 Å². The van der Waals surface area contributed by atoms with E-state index in [2.05, 4.69) is 4.98 Å². The molecule has 178 valence electrons. The standard InChI is InChI=1S/C23H19F3N2O4S2/c24-23(25,26)22(29)28-14-15-4-9-18(10-5-15)33(30)19-11-8-17(16-6-7-16)13-20(19)34(31,32)21-3-1-2-12-27-21/h1-5,8-13,16H,6-7,14H2,(H,28,29). The molecule has 34 heavy (non-hydrogen) atoms. The Morgan fingerprint density at radius 2 is 1.76 bits per heavy atom. The predicted octanol–water partition coefficient (Wildman–Crippen LogP) is 4.14. The molecule has 1 atom stereocenters. The molecular weight excluding hydrogens is 489 g/mol. The molecule has 0 spiro atoms. The monoisotopic (exact) mass is 508 g/mol. The molecule has 6 nitrogen and oxygen atoms in total. The van der Waals surface area contributed by atoms with Gasteiger partial charge in [0.15, 0.2) is 5.03 Å². The maximum Gasteiger partial charge on any atom is 0.471 e. The quantitative estimate of drug-likeness (QED) is 0.518. The number of pyridine rings is 1. The van der Waals surface area contributed by atoms with Crippen LogP contribution in [0.1, 0.15) is 29.9 Å². The van der Waals surface area contributed by atoms with Crippen molar-refractivity contribution < 1.29 is 30.6 Å². The fraction of sp³-hybridized carbons (Fsp3) is 0.217. The Kier molecular flexibility index (Phi) is 6.59. The first-order valence-electron chi connectivity index (χ1n) is 10.2. The largest absolute Gasteiger partial charge is 0.471 e. The molecule has 11 heteroatoms. The Morgan fingerprint density at radius 1 is 1.06 bits per heavy atom. The number of hydrogen-bond acceptors (Lipinski definition) is 5. The lowest BCUT2D eigenvalue weighted by molar-refractivity contribution is -0.173. The molecule has 1 N–H and O–H groups in total. The maximum atomic E-state index is 13.4. The number of amides is 1. The van der Waals surface area contributed by atoms with Crippen LogP contribution >= 0.6 is 0 Å². The van der Waals surface area contributed by atoms with Gasteiger partial charge in [-0.3, -0.25) is 4.79 Å². The fourth-order valence-corrected chi connectivity index (χ4v) is 6.25. The highest BCUT2D eigenvalue weighted by Gasteiger charge is 2.38. The number of benzene rings is 2. The van der Waals surface area contributed by atoms with E-state index in [1.165, 1.54) is 42.6 Å². The number of aromatic nitrogens is 1. The molecular formula is C23H19F3N2O4S2. The second kappa shape index (κ2) is 9.30. The molecule has 2 aromatic carbocycles. The molecule has 1 unspecified atom stereocenters. The van der Waals surface area contributed by atoms with Gasteiger partial charge in [0.1, 0.15) is 0 Å². The number of rotatable bonds is 7. The van der Waals surface area contributed by atoms with Crippen LogP contribution < -0.4 is 5.32 Å². The zero-order valence-electron chi connectivity index (χ0n) is 17.6. The highest BCUT2D eigenvalue weighted by molar-refractivity contribution is 7.92. The molecule has 1 amide bonds. The molecule has 1 aliphatic rings. The van der Waals surface area contributed by atoms with Crippen molar-refractivity contribution in [1.82, 2.24) is 10.3 Å². The summed E-state index contributed by atoms with van der Waals surface area (Å²) >= 11 is 0. The van der Waals surface area contributed by atoms with Crippen molar-refractivity contribution in [3.05, 3.63) is 78.0 Å². The van der Waals surface area contributed by atoms with Crippen LogP contribution in [0.4, 0.5) is 13.2 Å². The summed E-state index contributed by atoms with van der Waals surface area (Å²) in [5, 5.41) is 1.61. The number of halogens is 3. The van der Waals surface area contributed by atoms with E-state index in [9.17, 15) is 30.6 Å². The highest BCUT2D eigenvalue weighted by Crippen LogP contribution is 2.42. The third-order valence-electron chi connectivity index (χ3n) is 5.27. The topological polar surface area (TPSA) is 93.2 Å². The van der Waals surface area contributed by atoms with Gasteiger partial charge >= 0.3 is 12.1 Å². The molecule has 1 fully saturated rings. The van der Waals surface area contributed by atoms with Crippen LogP contribution in [-0.4, -0.2) is 29.7 Å². The summed E-state index contributed by atoms with van der Waals surface area (Å²) in [6.45, 7) is -0.360. The highest BCUT2D eigenvalue weighted by atomic mass is 32.2. The lowest BCUT2D eigenvalue weighted by atomic mass is 10.1. The van der Waals surface area contributed by atoms with E-state index in [4.69, 9.17) is 0 Å². The molecule has 0 bridgehead atoms. The van der Waals surface area contributed by atoms with Crippen LogP contribution in [0.2, 0.25) is 0 Å². The van der Waals surface area contributed by atoms with Gasteiger partial charge in [0.05, 0.1) is 20.6 Å². The Labute approximate surface area is 196 Å². The fourth-order valence-electron chi connectivity index (χ4n) is 3.32. The van der Waals surface area contributed by atoms with E-state index in [-0.39, 0.29) is 32.2 Å². The van der Waals surface area contributed by atoms with Crippen molar-refractivity contribution in [3.63, 3.8) is 0 Å². The lowest BCUT2D eigenvalue weighted by Crippen LogP contribution is -2.36. The van der Waals surface area contributed by atoms with Crippen molar-refractivity contribution in [3.8, 4) is 0 Å². The average Bonchev–Trinajstić information content (AvgIpc) is 3.67. The average molecular weight is 509 g/mol. The van der Waals surface area contributed by atoms with Crippen LogP contribution in [0.5, 0.6) is 0 Å². The summed E-state index contributed by atoms with van der Waals surface area (Å²) in [6.07, 6.45) is -1.70. The van der Waals surface area contributed by atoms with E-state index in [1.54, 1.807) is 29.6 Å². The first kappa shape index (κ1) is 24.1. The van der Waals surface area contributed by atoms with Gasteiger partial charge in [-0.1, -0.05) is 24.3 Å². The molecule has 0 radical (unpaired) electrons. The molecule has 0 saturated heterocycles. The SMILES string of the molecule is O=C(NCc1ccc(S(=O)c2ccc(C3CC3)cc2S(=O)(=O)c2ccccn2)cc1)C(F)(F)F. The van der Waals surface area contributed by atoms with Gasteiger partial charge in [0.25, 0.3) is 0 Å². The predicted molar refractivity (Wildman–Crippen MR) is 117 cm³/mol. The van der Waals surface area contributed by atoms with E-state index >= 15 is 0 Å². The number of sulfone groups is 1. The number of nitrogens with one attached hydrogen (secondary N) is 1. The second-order valence-corrected chi connectivity index (χ2v) is 11.1. The molecule has 1 aliphatic carbocycles. The maximum absolute atomic E-state index is 13.4. The number of carbonyl (C=O) groups is 1. The van der Waals surface area contributed by atoms with E-state index in [1.807, 2.05) is 0 Å². The molecule has 4 rings (SSSR count). The third-order valence-corrected chi connectivity index (χ3v) is 8.56. The van der Waals surface area contributed by atoms with Crippen molar-refractivity contribution >= 4 is 26.5 Å². The van der Waals surface area contributed by atoms with Crippen molar-refractivity contribution in [2.75, 3.05) is 0 Å². The van der Waals surface area contributed by atoms with Crippen LogP contribution in [0.3, 0.4) is 0 Å². The van der Waals surface area contributed by atoms with Crippen LogP contribution in [0.25, 0.3) is 0 Å². The Hall–Kier alpha value is -3.05. The van der Waals surface area contributed by atoms with Crippen molar-refractivity contribution in [2.24, 2.45) is 0 Å². The molecule has 1 saturated carbocycles. The minimum atomic E-state index is -4.98. The minimum Gasteiger partial charge on any atom is -0.344 e. The summed E-state index contributed by atoms with van der Waals surface area (Å²) in [5.41, 5.74) is 1.22. The van der Waals surface area contributed by atoms with Gasteiger partial charge in [-0.05, 0) is 66.3 Å². The summed E-state index contributed by atoms with van der Waals surface area (Å²) in [6, 6.07) is 15.1. The Morgan fingerprint density at radius 3 is 2.35 bits per heavy atom. The van der Waals surface area contributed by atoms with Crippen LogP contribution in [-0.2, 0) is 32.0 Å². The molecule has 1 aromatic heterocycles. The van der Waals surface area contributed by atoms with E-state index in [0.29, 0.717) is 5.56 Å². The summed E-state index contributed by atoms with van der Waals surface area (Å²) < 4.78 is 77.1. The zero-order chi connectivity index (χ0) is 24.5. The summed E-state index contributed by atoms with van der Waals surface area (Å²) in [5.74, 6) is -1.79. The molecule has 0 aliphatic heterocycles. The van der Waals surface area contributed by atoms with Gasteiger partial charge < -0.3 is 5.32 Å². The van der Waals surface area contributed by atoms with Gasteiger partial charge in [0, 0.05) is 17.6 Å². The van der Waals surface area contributed by atoms with E-state index in [0.717, 1.165) is 18.4 Å². The third kappa shape index (κ3) is 5.20. The van der Waals surface area contributed by atoms with Gasteiger partial charge in [0.2, 0.25) is 9.84 Å². The normalized spacial score (nSPS) is 15.0. The van der Waals surface area contributed by atoms with E-state index < -0.39 is 32.7 Å². The number of carbonyl (C=O) groups excluding carboxylic acids is 1. The Balaban J connectivity index is 1.64. The lowest BCUT2D eigenvalue weighted by Gasteiger charge is -2.13. The molecule has 3 aromatic rings. The second-order valence-electron chi connectivity index (χ2n) is 7.74. The van der Waals surface area contributed by atoms with Crippen molar-refractivity contribution in [2.45, 2.75) is 51.2 Å². The summed E-state index contributed by atoms with van der Waals surface area (Å²) in [7, 11) is -5.94. The molecule has 1 heterocycles. The Bertz CT molecular complexity index is 1340. The number of nitrogens with zero attached hydrogens (tertiary/aromatic N) is 1. The number of alkyl halides is 3.